The van der Waals surface area contributed by atoms with Gasteiger partial charge in [-0.15, -0.1) is 0 Å². The zero-order valence-electron chi connectivity index (χ0n) is 12.4. The summed E-state index contributed by atoms with van der Waals surface area (Å²) in [5.74, 6) is 0.404. The van der Waals surface area contributed by atoms with E-state index in [1.54, 1.807) is 0 Å². The van der Waals surface area contributed by atoms with E-state index in [0.717, 1.165) is 24.9 Å². The zero-order chi connectivity index (χ0) is 13.8. The third-order valence-electron chi connectivity index (χ3n) is 4.07. The first-order valence-corrected chi connectivity index (χ1v) is 7.60. The highest BCUT2D eigenvalue weighted by Crippen LogP contribution is 2.31. The molecule has 0 aliphatic heterocycles. The van der Waals surface area contributed by atoms with Crippen molar-refractivity contribution in [3.05, 3.63) is 33.7 Å². The van der Waals surface area contributed by atoms with Gasteiger partial charge in [-0.1, -0.05) is 39.7 Å². The predicted molar refractivity (Wildman–Crippen MR) is 79.7 cm³/mol. The van der Waals surface area contributed by atoms with Gasteiger partial charge in [-0.05, 0) is 31.4 Å². The van der Waals surface area contributed by atoms with Gasteiger partial charge in [0.1, 0.15) is 0 Å². The summed E-state index contributed by atoms with van der Waals surface area (Å²) in [6.07, 6.45) is 4.83. The van der Waals surface area contributed by atoms with Gasteiger partial charge in [-0.2, -0.15) is 0 Å². The van der Waals surface area contributed by atoms with Gasteiger partial charge in [-0.3, -0.25) is 4.79 Å². The standard InChI is InChI=1S/C16H26N2O/c1-4-17-11-13-9-10-15(12(2)3)18(16(13)19)14-7-5-6-8-14/h9-10,12,14,17H,4-8,11H2,1-3H3. The highest BCUT2D eigenvalue weighted by molar-refractivity contribution is 5.19. The molecule has 1 heterocycles. The van der Waals surface area contributed by atoms with Crippen molar-refractivity contribution in [3.63, 3.8) is 0 Å². The molecule has 1 aliphatic carbocycles. The van der Waals surface area contributed by atoms with Crippen LogP contribution in [0.2, 0.25) is 0 Å². The lowest BCUT2D eigenvalue weighted by atomic mass is 10.1. The van der Waals surface area contributed by atoms with Gasteiger partial charge < -0.3 is 9.88 Å². The number of aromatic nitrogens is 1. The Morgan fingerprint density at radius 2 is 2.00 bits per heavy atom. The van der Waals surface area contributed by atoms with E-state index in [9.17, 15) is 4.79 Å². The van der Waals surface area contributed by atoms with E-state index >= 15 is 0 Å². The fourth-order valence-corrected chi connectivity index (χ4v) is 3.01. The molecule has 1 saturated carbocycles. The van der Waals surface area contributed by atoms with Gasteiger partial charge in [-0.25, -0.2) is 0 Å². The number of pyridine rings is 1. The van der Waals surface area contributed by atoms with Crippen LogP contribution in [0.4, 0.5) is 0 Å². The van der Waals surface area contributed by atoms with Crippen molar-refractivity contribution in [2.45, 2.75) is 65.0 Å². The number of rotatable bonds is 5. The van der Waals surface area contributed by atoms with Gasteiger partial charge in [0.25, 0.3) is 5.56 Å². The summed E-state index contributed by atoms with van der Waals surface area (Å²) in [5.41, 5.74) is 2.31. The molecule has 0 bridgehead atoms. The maximum Gasteiger partial charge on any atom is 0.255 e. The molecule has 106 valence electrons. The second-order valence-corrected chi connectivity index (χ2v) is 5.83. The van der Waals surface area contributed by atoms with E-state index in [2.05, 4.69) is 36.7 Å². The Morgan fingerprint density at radius 1 is 1.32 bits per heavy atom. The molecule has 1 fully saturated rings. The minimum absolute atomic E-state index is 0.221. The van der Waals surface area contributed by atoms with Crippen molar-refractivity contribution in [3.8, 4) is 0 Å². The highest BCUT2D eigenvalue weighted by Gasteiger charge is 2.22. The van der Waals surface area contributed by atoms with Crippen LogP contribution < -0.4 is 10.9 Å². The van der Waals surface area contributed by atoms with E-state index in [0.29, 0.717) is 18.5 Å². The summed E-state index contributed by atoms with van der Waals surface area (Å²) < 4.78 is 2.09. The molecule has 1 aromatic rings. The van der Waals surface area contributed by atoms with Gasteiger partial charge in [0.2, 0.25) is 0 Å². The Morgan fingerprint density at radius 3 is 2.58 bits per heavy atom. The molecule has 0 saturated heterocycles. The highest BCUT2D eigenvalue weighted by atomic mass is 16.1. The van der Waals surface area contributed by atoms with Crippen LogP contribution in [0.25, 0.3) is 0 Å². The van der Waals surface area contributed by atoms with Crippen LogP contribution in [0.1, 0.15) is 69.7 Å². The van der Waals surface area contributed by atoms with Crippen molar-refractivity contribution >= 4 is 0 Å². The Kier molecular flexibility index (Phi) is 4.81. The Labute approximate surface area is 116 Å². The maximum atomic E-state index is 12.7. The van der Waals surface area contributed by atoms with Crippen LogP contribution in [0.15, 0.2) is 16.9 Å². The van der Waals surface area contributed by atoms with Crippen LogP contribution in [-0.4, -0.2) is 11.1 Å². The molecule has 1 N–H and O–H groups in total. The molecule has 0 unspecified atom stereocenters. The van der Waals surface area contributed by atoms with Gasteiger partial charge in [0.15, 0.2) is 0 Å². The SMILES string of the molecule is CCNCc1ccc(C(C)C)n(C2CCCC2)c1=O. The molecule has 3 heteroatoms. The van der Waals surface area contributed by atoms with E-state index < -0.39 is 0 Å². The number of nitrogens with zero attached hydrogens (tertiary/aromatic N) is 1. The van der Waals surface area contributed by atoms with E-state index in [1.165, 1.54) is 18.5 Å². The molecular formula is C16H26N2O. The molecule has 0 aromatic carbocycles. The summed E-state index contributed by atoms with van der Waals surface area (Å²) >= 11 is 0. The quantitative estimate of drug-likeness (QED) is 0.884. The summed E-state index contributed by atoms with van der Waals surface area (Å²) in [7, 11) is 0. The second-order valence-electron chi connectivity index (χ2n) is 5.83. The minimum atomic E-state index is 0.221. The van der Waals surface area contributed by atoms with Gasteiger partial charge in [0.05, 0.1) is 0 Å². The van der Waals surface area contributed by atoms with Crippen molar-refractivity contribution in [1.82, 2.24) is 9.88 Å². The minimum Gasteiger partial charge on any atom is -0.313 e. The fraction of sp³-hybridized carbons (Fsp3) is 0.688. The van der Waals surface area contributed by atoms with E-state index in [4.69, 9.17) is 0 Å². The number of hydrogen-bond acceptors (Lipinski definition) is 2. The first-order chi connectivity index (χ1) is 9.15. The van der Waals surface area contributed by atoms with Crippen LogP contribution in [0.3, 0.4) is 0 Å². The molecule has 19 heavy (non-hydrogen) atoms. The molecule has 3 nitrogen and oxygen atoms in total. The summed E-state index contributed by atoms with van der Waals surface area (Å²) in [6.45, 7) is 7.99. The molecule has 0 atom stereocenters. The van der Waals surface area contributed by atoms with Crippen LogP contribution in [-0.2, 0) is 6.54 Å². The average Bonchev–Trinajstić information content (AvgIpc) is 2.90. The monoisotopic (exact) mass is 262 g/mol. The molecule has 1 aromatic heterocycles. The Hall–Kier alpha value is -1.09. The third-order valence-corrected chi connectivity index (χ3v) is 4.07. The Bertz CT molecular complexity index is 470. The smallest absolute Gasteiger partial charge is 0.255 e. The fourth-order valence-electron chi connectivity index (χ4n) is 3.01. The maximum absolute atomic E-state index is 12.7. The first-order valence-electron chi connectivity index (χ1n) is 7.60. The largest absolute Gasteiger partial charge is 0.313 e. The third kappa shape index (κ3) is 3.08. The first kappa shape index (κ1) is 14.3. The van der Waals surface area contributed by atoms with Crippen molar-refractivity contribution in [1.29, 1.82) is 0 Å². The van der Waals surface area contributed by atoms with Crippen LogP contribution in [0.5, 0.6) is 0 Å². The molecule has 0 spiro atoms. The normalized spacial score (nSPS) is 16.4. The van der Waals surface area contributed by atoms with Crippen molar-refractivity contribution < 1.29 is 0 Å². The number of nitrogens with one attached hydrogen (secondary N) is 1. The van der Waals surface area contributed by atoms with Crippen LogP contribution >= 0.6 is 0 Å². The molecular weight excluding hydrogens is 236 g/mol. The van der Waals surface area contributed by atoms with E-state index in [1.807, 2.05) is 6.07 Å². The van der Waals surface area contributed by atoms with Crippen molar-refractivity contribution in [2.24, 2.45) is 0 Å². The van der Waals surface area contributed by atoms with Gasteiger partial charge >= 0.3 is 0 Å². The van der Waals surface area contributed by atoms with Crippen LogP contribution in [0, 0.1) is 0 Å². The summed E-state index contributed by atoms with van der Waals surface area (Å²) in [5, 5.41) is 3.26. The van der Waals surface area contributed by atoms with E-state index in [-0.39, 0.29) is 5.56 Å². The molecule has 1 aliphatic rings. The van der Waals surface area contributed by atoms with Gasteiger partial charge in [0, 0.05) is 23.8 Å². The summed E-state index contributed by atoms with van der Waals surface area (Å²) in [6, 6.07) is 4.58. The molecule has 2 rings (SSSR count). The molecule has 0 radical (unpaired) electrons. The Balaban J connectivity index is 2.42. The lowest BCUT2D eigenvalue weighted by Gasteiger charge is -2.22. The zero-order valence-corrected chi connectivity index (χ0v) is 12.4. The predicted octanol–water partition coefficient (Wildman–Crippen LogP) is 3.20. The van der Waals surface area contributed by atoms with Crippen molar-refractivity contribution in [2.75, 3.05) is 6.54 Å². The second kappa shape index (κ2) is 6.38. The lowest BCUT2D eigenvalue weighted by Crippen LogP contribution is -2.31. The topological polar surface area (TPSA) is 34.0 Å². The average molecular weight is 262 g/mol. The summed E-state index contributed by atoms with van der Waals surface area (Å²) in [4.78, 5) is 12.7. The number of hydrogen-bond donors (Lipinski definition) is 1. The lowest BCUT2D eigenvalue weighted by molar-refractivity contribution is 0.469. The molecule has 0 amide bonds.